The van der Waals surface area contributed by atoms with Crippen LogP contribution in [0.25, 0.3) is 0 Å². The summed E-state index contributed by atoms with van der Waals surface area (Å²) in [6, 6.07) is 8.47. The fourth-order valence-electron chi connectivity index (χ4n) is 3.12. The van der Waals surface area contributed by atoms with E-state index in [4.69, 9.17) is 0 Å². The van der Waals surface area contributed by atoms with Gasteiger partial charge in [0.1, 0.15) is 0 Å². The topological polar surface area (TPSA) is 38.8 Å². The molecule has 1 aromatic rings. The number of carbonyl (C=O) groups is 1. The Hall–Kier alpha value is -1.59. The standard InChI is InChI=1S/C19H32N4O/c1-4-21(5-2)16-18-10-8-7-9-17(18)15-20-19(24)23-13-11-22(6-3)12-14-23/h7-10H,4-6,11-16H2,1-3H3,(H,20,24). The van der Waals surface area contributed by atoms with E-state index in [0.717, 1.165) is 52.4 Å². The molecule has 0 aliphatic carbocycles. The minimum atomic E-state index is 0.0587. The maximum atomic E-state index is 12.4. The van der Waals surface area contributed by atoms with Crippen LogP contribution in [0.3, 0.4) is 0 Å². The third-order valence-electron chi connectivity index (χ3n) is 4.94. The Kier molecular flexibility index (Phi) is 7.53. The molecule has 2 rings (SSSR count). The molecular weight excluding hydrogens is 300 g/mol. The Balaban J connectivity index is 1.88. The van der Waals surface area contributed by atoms with Gasteiger partial charge in [0.15, 0.2) is 0 Å². The number of amides is 2. The summed E-state index contributed by atoms with van der Waals surface area (Å²) >= 11 is 0. The molecule has 134 valence electrons. The number of nitrogens with one attached hydrogen (secondary N) is 1. The van der Waals surface area contributed by atoms with Crippen molar-refractivity contribution >= 4 is 6.03 Å². The number of hydrogen-bond donors (Lipinski definition) is 1. The van der Waals surface area contributed by atoms with Crippen molar-refractivity contribution in [2.45, 2.75) is 33.9 Å². The lowest BCUT2D eigenvalue weighted by atomic mass is 10.1. The van der Waals surface area contributed by atoms with E-state index in [2.05, 4.69) is 54.1 Å². The molecule has 0 unspecified atom stereocenters. The van der Waals surface area contributed by atoms with Crippen molar-refractivity contribution in [3.05, 3.63) is 35.4 Å². The first-order valence-corrected chi connectivity index (χ1v) is 9.22. The van der Waals surface area contributed by atoms with Gasteiger partial charge in [-0.15, -0.1) is 0 Å². The number of carbonyl (C=O) groups excluding carboxylic acids is 1. The highest BCUT2D eigenvalue weighted by molar-refractivity contribution is 5.74. The number of urea groups is 1. The van der Waals surface area contributed by atoms with Crippen LogP contribution in [-0.2, 0) is 13.1 Å². The molecule has 1 heterocycles. The van der Waals surface area contributed by atoms with Crippen LogP contribution in [0.1, 0.15) is 31.9 Å². The average Bonchev–Trinajstić information content (AvgIpc) is 2.65. The first kappa shape index (κ1) is 18.7. The molecule has 1 fully saturated rings. The van der Waals surface area contributed by atoms with E-state index in [9.17, 15) is 4.79 Å². The van der Waals surface area contributed by atoms with Crippen LogP contribution in [0.2, 0.25) is 0 Å². The Morgan fingerprint density at radius 3 is 2.25 bits per heavy atom. The van der Waals surface area contributed by atoms with Crippen molar-refractivity contribution in [2.24, 2.45) is 0 Å². The highest BCUT2D eigenvalue weighted by Crippen LogP contribution is 2.12. The third kappa shape index (κ3) is 5.21. The maximum absolute atomic E-state index is 12.4. The summed E-state index contributed by atoms with van der Waals surface area (Å²) in [5.41, 5.74) is 2.52. The summed E-state index contributed by atoms with van der Waals surface area (Å²) in [6.45, 7) is 14.8. The monoisotopic (exact) mass is 332 g/mol. The van der Waals surface area contributed by atoms with Gasteiger partial charge in [-0.25, -0.2) is 4.79 Å². The Morgan fingerprint density at radius 2 is 1.67 bits per heavy atom. The average molecular weight is 332 g/mol. The molecule has 24 heavy (non-hydrogen) atoms. The van der Waals surface area contributed by atoms with Crippen molar-refractivity contribution in [1.82, 2.24) is 20.0 Å². The molecule has 0 saturated carbocycles. The lowest BCUT2D eigenvalue weighted by Crippen LogP contribution is -2.51. The van der Waals surface area contributed by atoms with E-state index >= 15 is 0 Å². The van der Waals surface area contributed by atoms with Gasteiger partial charge in [0.25, 0.3) is 0 Å². The van der Waals surface area contributed by atoms with E-state index in [1.165, 1.54) is 11.1 Å². The summed E-state index contributed by atoms with van der Waals surface area (Å²) in [4.78, 5) is 19.1. The van der Waals surface area contributed by atoms with Gasteiger partial charge in [0.05, 0.1) is 0 Å². The smallest absolute Gasteiger partial charge is 0.317 e. The molecule has 0 aromatic heterocycles. The Bertz CT molecular complexity index is 508. The highest BCUT2D eigenvalue weighted by atomic mass is 16.2. The van der Waals surface area contributed by atoms with Crippen molar-refractivity contribution in [3.8, 4) is 0 Å². The number of likely N-dealkylation sites (N-methyl/N-ethyl adjacent to an activating group) is 1. The molecule has 0 radical (unpaired) electrons. The van der Waals surface area contributed by atoms with Crippen molar-refractivity contribution < 1.29 is 4.79 Å². The summed E-state index contributed by atoms with van der Waals surface area (Å²) in [5.74, 6) is 0. The minimum absolute atomic E-state index is 0.0587. The van der Waals surface area contributed by atoms with Gasteiger partial charge in [-0.05, 0) is 30.8 Å². The van der Waals surface area contributed by atoms with E-state index in [1.54, 1.807) is 0 Å². The molecule has 5 nitrogen and oxygen atoms in total. The second kappa shape index (κ2) is 9.64. The summed E-state index contributed by atoms with van der Waals surface area (Å²) in [5, 5.41) is 3.10. The van der Waals surface area contributed by atoms with Gasteiger partial charge in [-0.1, -0.05) is 45.0 Å². The normalized spacial score (nSPS) is 15.8. The quantitative estimate of drug-likeness (QED) is 0.833. The van der Waals surface area contributed by atoms with Crippen LogP contribution < -0.4 is 5.32 Å². The lowest BCUT2D eigenvalue weighted by molar-refractivity contribution is 0.142. The molecule has 0 spiro atoms. The molecule has 1 aromatic carbocycles. The lowest BCUT2D eigenvalue weighted by Gasteiger charge is -2.34. The Labute approximate surface area is 146 Å². The molecule has 0 bridgehead atoms. The van der Waals surface area contributed by atoms with Crippen LogP contribution in [0.15, 0.2) is 24.3 Å². The first-order chi connectivity index (χ1) is 11.7. The molecule has 1 aliphatic heterocycles. The highest BCUT2D eigenvalue weighted by Gasteiger charge is 2.19. The zero-order valence-corrected chi connectivity index (χ0v) is 15.4. The molecule has 5 heteroatoms. The molecule has 1 aliphatic rings. The fraction of sp³-hybridized carbons (Fsp3) is 0.632. The van der Waals surface area contributed by atoms with Crippen molar-refractivity contribution in [3.63, 3.8) is 0 Å². The van der Waals surface area contributed by atoms with Crippen LogP contribution in [-0.4, -0.2) is 66.5 Å². The van der Waals surface area contributed by atoms with Crippen LogP contribution >= 0.6 is 0 Å². The molecule has 0 atom stereocenters. The fourth-order valence-corrected chi connectivity index (χ4v) is 3.12. The van der Waals surface area contributed by atoms with E-state index < -0.39 is 0 Å². The van der Waals surface area contributed by atoms with Crippen LogP contribution in [0.4, 0.5) is 4.79 Å². The van der Waals surface area contributed by atoms with Crippen molar-refractivity contribution in [1.29, 1.82) is 0 Å². The van der Waals surface area contributed by atoms with Gasteiger partial charge >= 0.3 is 6.03 Å². The molecule has 2 amide bonds. The number of rotatable bonds is 7. The van der Waals surface area contributed by atoms with Crippen molar-refractivity contribution in [2.75, 3.05) is 45.8 Å². The third-order valence-corrected chi connectivity index (χ3v) is 4.94. The first-order valence-electron chi connectivity index (χ1n) is 9.22. The SMILES string of the molecule is CCN1CCN(C(=O)NCc2ccccc2CN(CC)CC)CC1. The second-order valence-electron chi connectivity index (χ2n) is 6.31. The molecule has 1 N–H and O–H groups in total. The summed E-state index contributed by atoms with van der Waals surface area (Å²) < 4.78 is 0. The zero-order valence-electron chi connectivity index (χ0n) is 15.4. The predicted octanol–water partition coefficient (Wildman–Crippen LogP) is 2.38. The van der Waals surface area contributed by atoms with Gasteiger partial charge in [0, 0.05) is 39.3 Å². The second-order valence-corrected chi connectivity index (χ2v) is 6.31. The van der Waals surface area contributed by atoms with E-state index in [1.807, 2.05) is 11.0 Å². The molecular formula is C19H32N4O. The summed E-state index contributed by atoms with van der Waals surface area (Å²) in [6.07, 6.45) is 0. The summed E-state index contributed by atoms with van der Waals surface area (Å²) in [7, 11) is 0. The van der Waals surface area contributed by atoms with Crippen LogP contribution in [0.5, 0.6) is 0 Å². The van der Waals surface area contributed by atoms with E-state index in [0.29, 0.717) is 6.54 Å². The number of nitrogens with zero attached hydrogens (tertiary/aromatic N) is 3. The number of benzene rings is 1. The van der Waals surface area contributed by atoms with Gasteiger partial charge in [-0.3, -0.25) is 4.90 Å². The van der Waals surface area contributed by atoms with Crippen LogP contribution in [0, 0.1) is 0 Å². The predicted molar refractivity (Wildman–Crippen MR) is 99.0 cm³/mol. The number of piperazine rings is 1. The largest absolute Gasteiger partial charge is 0.334 e. The zero-order chi connectivity index (χ0) is 17.4. The molecule has 1 saturated heterocycles. The van der Waals surface area contributed by atoms with Gasteiger partial charge in [0.2, 0.25) is 0 Å². The Morgan fingerprint density at radius 1 is 1.04 bits per heavy atom. The maximum Gasteiger partial charge on any atom is 0.317 e. The van der Waals surface area contributed by atoms with Gasteiger partial charge < -0.3 is 15.1 Å². The van der Waals surface area contributed by atoms with E-state index in [-0.39, 0.29) is 6.03 Å². The number of hydrogen-bond acceptors (Lipinski definition) is 3. The minimum Gasteiger partial charge on any atom is -0.334 e. The van der Waals surface area contributed by atoms with Gasteiger partial charge in [-0.2, -0.15) is 0 Å².